The topological polar surface area (TPSA) is 33.2 Å². The maximum Gasteiger partial charge on any atom is 0.186 e. The molecule has 0 radical (unpaired) electrons. The van der Waals surface area contributed by atoms with Gasteiger partial charge in [0.05, 0.1) is 10.6 Å². The van der Waals surface area contributed by atoms with E-state index in [9.17, 15) is 4.79 Å². The zero-order valence-corrected chi connectivity index (χ0v) is 13.1. The van der Waals surface area contributed by atoms with Crippen LogP contribution in [-0.4, -0.2) is 23.4 Å². The van der Waals surface area contributed by atoms with Gasteiger partial charge in [0.2, 0.25) is 0 Å². The van der Waals surface area contributed by atoms with E-state index in [1.54, 1.807) is 11.3 Å². The maximum absolute atomic E-state index is 11.9. The minimum Gasteiger partial charge on any atom is -0.346 e. The summed E-state index contributed by atoms with van der Waals surface area (Å²) in [4.78, 5) is 19.9. The maximum atomic E-state index is 11.9. The summed E-state index contributed by atoms with van der Waals surface area (Å²) in [5.41, 5.74) is 1.04. The van der Waals surface area contributed by atoms with E-state index < -0.39 is 0 Å². The number of nitrogens with zero attached hydrogens (tertiary/aromatic N) is 2. The van der Waals surface area contributed by atoms with E-state index in [2.05, 4.69) is 25.7 Å². The quantitative estimate of drug-likeness (QED) is 0.737. The third-order valence-electron chi connectivity index (χ3n) is 3.63. The summed E-state index contributed by atoms with van der Waals surface area (Å²) in [6, 6.07) is 0.444. The molecule has 0 atom stereocenters. The lowest BCUT2D eigenvalue weighted by Gasteiger charge is -2.26. The Morgan fingerprint density at radius 1 is 1.32 bits per heavy atom. The Labute approximate surface area is 120 Å². The standard InChI is InChI=1S/C15H24N2OS/c1-4-5-6-10-17(11(2)3)15-16-12-8-7-9-13(18)14(12)19-15/h11H,4-10H2,1-3H3. The van der Waals surface area contributed by atoms with Crippen LogP contribution in [0.5, 0.6) is 0 Å². The highest BCUT2D eigenvalue weighted by atomic mass is 32.1. The smallest absolute Gasteiger partial charge is 0.186 e. The van der Waals surface area contributed by atoms with Crippen molar-refractivity contribution in [2.24, 2.45) is 0 Å². The number of hydrogen-bond acceptors (Lipinski definition) is 4. The van der Waals surface area contributed by atoms with Crippen LogP contribution in [0.1, 0.15) is 68.2 Å². The minimum absolute atomic E-state index is 0.294. The van der Waals surface area contributed by atoms with Crippen LogP contribution in [0.2, 0.25) is 0 Å². The molecule has 106 valence electrons. The number of hydrogen-bond donors (Lipinski definition) is 0. The van der Waals surface area contributed by atoms with Crippen LogP contribution >= 0.6 is 11.3 Å². The van der Waals surface area contributed by atoms with E-state index in [1.807, 2.05) is 0 Å². The Kier molecular flexibility index (Phi) is 4.97. The highest BCUT2D eigenvalue weighted by molar-refractivity contribution is 7.17. The molecule has 1 aromatic heterocycles. The van der Waals surface area contributed by atoms with E-state index in [1.165, 1.54) is 19.3 Å². The molecule has 0 fully saturated rings. The molecule has 3 nitrogen and oxygen atoms in total. The lowest BCUT2D eigenvalue weighted by molar-refractivity contribution is 0.0976. The van der Waals surface area contributed by atoms with E-state index in [0.29, 0.717) is 18.2 Å². The molecule has 0 spiro atoms. The molecule has 19 heavy (non-hydrogen) atoms. The normalized spacial score (nSPS) is 14.8. The minimum atomic E-state index is 0.294. The number of carbonyl (C=O) groups excluding carboxylic acids is 1. The average Bonchev–Trinajstić information content (AvgIpc) is 2.79. The van der Waals surface area contributed by atoms with Crippen LogP contribution < -0.4 is 4.90 Å². The Balaban J connectivity index is 2.15. The van der Waals surface area contributed by atoms with Gasteiger partial charge in [-0.2, -0.15) is 0 Å². The van der Waals surface area contributed by atoms with Crippen molar-refractivity contribution in [2.45, 2.75) is 65.3 Å². The molecule has 0 aliphatic heterocycles. The molecule has 2 rings (SSSR count). The molecular formula is C15H24N2OS. The van der Waals surface area contributed by atoms with Gasteiger partial charge in [-0.05, 0) is 33.1 Å². The molecule has 0 aromatic carbocycles. The molecule has 0 N–H and O–H groups in total. The summed E-state index contributed by atoms with van der Waals surface area (Å²) in [7, 11) is 0. The van der Waals surface area contributed by atoms with Gasteiger partial charge in [0, 0.05) is 19.0 Å². The van der Waals surface area contributed by atoms with Crippen molar-refractivity contribution in [2.75, 3.05) is 11.4 Å². The number of aromatic nitrogens is 1. The lowest BCUT2D eigenvalue weighted by atomic mass is 10.0. The van der Waals surface area contributed by atoms with Crippen LogP contribution in [0, 0.1) is 0 Å². The first-order valence-corrected chi connectivity index (χ1v) is 8.24. The van der Waals surface area contributed by atoms with Gasteiger partial charge in [-0.1, -0.05) is 31.1 Å². The zero-order chi connectivity index (χ0) is 13.8. The first-order chi connectivity index (χ1) is 9.13. The number of unbranched alkanes of at least 4 members (excludes halogenated alkanes) is 2. The number of aryl methyl sites for hydroxylation is 1. The number of rotatable bonds is 6. The molecule has 0 amide bonds. The van der Waals surface area contributed by atoms with Crippen LogP contribution in [0.25, 0.3) is 0 Å². The fraction of sp³-hybridized carbons (Fsp3) is 0.733. The van der Waals surface area contributed by atoms with E-state index >= 15 is 0 Å². The second-order valence-corrected chi connectivity index (χ2v) is 6.52. The number of thiazole rings is 1. The summed E-state index contributed by atoms with van der Waals surface area (Å²) in [5.74, 6) is 0.294. The highest BCUT2D eigenvalue weighted by Gasteiger charge is 2.24. The number of ketones is 1. The predicted molar refractivity (Wildman–Crippen MR) is 81.4 cm³/mol. The largest absolute Gasteiger partial charge is 0.346 e. The summed E-state index contributed by atoms with van der Waals surface area (Å²) < 4.78 is 0. The van der Waals surface area contributed by atoms with Crippen molar-refractivity contribution in [1.82, 2.24) is 4.98 Å². The Morgan fingerprint density at radius 2 is 2.11 bits per heavy atom. The fourth-order valence-corrected chi connectivity index (χ4v) is 3.73. The highest BCUT2D eigenvalue weighted by Crippen LogP contribution is 2.32. The number of fused-ring (bicyclic) bond motifs is 1. The van der Waals surface area contributed by atoms with E-state index in [4.69, 9.17) is 4.98 Å². The third kappa shape index (κ3) is 3.35. The number of carbonyl (C=O) groups is 1. The van der Waals surface area contributed by atoms with Crippen LogP contribution in [-0.2, 0) is 6.42 Å². The van der Waals surface area contributed by atoms with Crippen molar-refractivity contribution in [3.8, 4) is 0 Å². The van der Waals surface area contributed by atoms with Crippen molar-refractivity contribution >= 4 is 22.3 Å². The molecule has 0 bridgehead atoms. The second kappa shape index (κ2) is 6.51. The summed E-state index contributed by atoms with van der Waals surface area (Å²) in [5, 5.41) is 1.05. The third-order valence-corrected chi connectivity index (χ3v) is 4.80. The monoisotopic (exact) mass is 280 g/mol. The zero-order valence-electron chi connectivity index (χ0n) is 12.2. The molecule has 1 heterocycles. The van der Waals surface area contributed by atoms with Crippen molar-refractivity contribution in [3.63, 3.8) is 0 Å². The van der Waals surface area contributed by atoms with Gasteiger partial charge >= 0.3 is 0 Å². The van der Waals surface area contributed by atoms with E-state index in [-0.39, 0.29) is 0 Å². The molecule has 0 unspecified atom stereocenters. The fourth-order valence-electron chi connectivity index (χ4n) is 2.49. The predicted octanol–water partition coefficient (Wildman–Crippen LogP) is 4.07. The molecule has 1 aliphatic carbocycles. The van der Waals surface area contributed by atoms with Gasteiger partial charge in [0.1, 0.15) is 0 Å². The number of anilines is 1. The molecule has 0 saturated heterocycles. The molecule has 4 heteroatoms. The van der Waals surface area contributed by atoms with Crippen molar-refractivity contribution in [1.29, 1.82) is 0 Å². The average molecular weight is 280 g/mol. The Hall–Kier alpha value is -0.900. The van der Waals surface area contributed by atoms with Crippen molar-refractivity contribution in [3.05, 3.63) is 10.6 Å². The summed E-state index contributed by atoms with van der Waals surface area (Å²) >= 11 is 1.60. The van der Waals surface area contributed by atoms with Gasteiger partial charge in [-0.25, -0.2) is 4.98 Å². The Bertz CT molecular complexity index is 439. The first-order valence-electron chi connectivity index (χ1n) is 7.43. The van der Waals surface area contributed by atoms with Gasteiger partial charge in [0.15, 0.2) is 10.9 Å². The molecular weight excluding hydrogens is 256 g/mol. The van der Waals surface area contributed by atoms with E-state index in [0.717, 1.165) is 35.1 Å². The van der Waals surface area contributed by atoms with Gasteiger partial charge in [-0.3, -0.25) is 4.79 Å². The number of Topliss-reactive ketones (excluding diaryl/α,β-unsaturated/α-hetero) is 1. The van der Waals surface area contributed by atoms with Gasteiger partial charge in [0.25, 0.3) is 0 Å². The van der Waals surface area contributed by atoms with Crippen molar-refractivity contribution < 1.29 is 4.79 Å². The van der Waals surface area contributed by atoms with Gasteiger partial charge < -0.3 is 4.90 Å². The molecule has 1 aliphatic rings. The SMILES string of the molecule is CCCCCN(c1nc2c(s1)C(=O)CCC2)C(C)C. The van der Waals surface area contributed by atoms with Gasteiger partial charge in [-0.15, -0.1) is 0 Å². The summed E-state index contributed by atoms with van der Waals surface area (Å²) in [6.07, 6.45) is 6.33. The Morgan fingerprint density at radius 3 is 2.74 bits per heavy atom. The van der Waals surface area contributed by atoms with Crippen LogP contribution in [0.4, 0.5) is 5.13 Å². The second-order valence-electron chi connectivity index (χ2n) is 5.54. The van der Waals surface area contributed by atoms with Crippen LogP contribution in [0.15, 0.2) is 0 Å². The first kappa shape index (κ1) is 14.5. The lowest BCUT2D eigenvalue weighted by Crippen LogP contribution is -2.31. The molecule has 0 saturated carbocycles. The summed E-state index contributed by atoms with van der Waals surface area (Å²) in [6.45, 7) is 7.68. The molecule has 1 aromatic rings. The van der Waals surface area contributed by atoms with Crippen LogP contribution in [0.3, 0.4) is 0 Å².